The lowest BCUT2D eigenvalue weighted by atomic mass is 10.2. The first kappa shape index (κ1) is 11.7. The Hall–Kier alpha value is -0.420. The number of benzene rings is 1. The van der Waals surface area contributed by atoms with Crippen molar-refractivity contribution >= 4 is 22.9 Å². The summed E-state index contributed by atoms with van der Waals surface area (Å²) in [5.41, 5.74) is 1.00. The van der Waals surface area contributed by atoms with Crippen molar-refractivity contribution in [3.05, 3.63) is 35.9 Å². The standard InChI is InChI=1S/C9H12ClNO2S/c10-6-7-11(14(12)13)8-9-4-2-1-3-5-9/h1-5H,6-8H2,(H,12,13). The van der Waals surface area contributed by atoms with Crippen molar-refractivity contribution in [3.63, 3.8) is 0 Å². The van der Waals surface area contributed by atoms with Crippen LogP contribution in [0.5, 0.6) is 0 Å². The highest BCUT2D eigenvalue weighted by Gasteiger charge is 2.10. The van der Waals surface area contributed by atoms with Crippen LogP contribution in [0.2, 0.25) is 0 Å². The van der Waals surface area contributed by atoms with E-state index in [4.69, 9.17) is 16.2 Å². The Balaban J connectivity index is 2.60. The molecule has 0 saturated heterocycles. The molecule has 0 fully saturated rings. The zero-order valence-corrected chi connectivity index (χ0v) is 9.17. The summed E-state index contributed by atoms with van der Waals surface area (Å²) in [7, 11) is 0. The number of rotatable bonds is 5. The van der Waals surface area contributed by atoms with Crippen LogP contribution in [0.3, 0.4) is 0 Å². The molecule has 1 rings (SSSR count). The summed E-state index contributed by atoms with van der Waals surface area (Å²) in [4.78, 5) is 0. The molecule has 0 aliphatic rings. The largest absolute Gasteiger partial charge is 0.294 e. The molecule has 78 valence electrons. The van der Waals surface area contributed by atoms with E-state index in [1.54, 1.807) is 0 Å². The van der Waals surface area contributed by atoms with Crippen molar-refractivity contribution < 1.29 is 8.76 Å². The van der Waals surface area contributed by atoms with Crippen LogP contribution in [0.15, 0.2) is 30.3 Å². The highest BCUT2D eigenvalue weighted by molar-refractivity contribution is 7.76. The van der Waals surface area contributed by atoms with E-state index in [1.165, 1.54) is 4.31 Å². The Kier molecular flexibility index (Phi) is 5.11. The molecule has 1 unspecified atom stereocenters. The summed E-state index contributed by atoms with van der Waals surface area (Å²) < 4.78 is 21.2. The monoisotopic (exact) mass is 233 g/mol. The van der Waals surface area contributed by atoms with Gasteiger partial charge in [-0.15, -0.1) is 11.6 Å². The molecule has 0 aromatic heterocycles. The molecule has 1 aromatic carbocycles. The van der Waals surface area contributed by atoms with Gasteiger partial charge in [0.1, 0.15) is 0 Å². The molecule has 1 atom stereocenters. The Morgan fingerprint density at radius 1 is 1.36 bits per heavy atom. The van der Waals surface area contributed by atoms with Gasteiger partial charge in [-0.1, -0.05) is 30.3 Å². The molecule has 0 aliphatic carbocycles. The van der Waals surface area contributed by atoms with Gasteiger partial charge in [-0.3, -0.25) is 4.55 Å². The molecule has 3 nitrogen and oxygen atoms in total. The molecule has 1 N–H and O–H groups in total. The molecule has 0 saturated carbocycles. The molecular formula is C9H12ClNO2S. The van der Waals surface area contributed by atoms with Gasteiger partial charge in [-0.2, -0.15) is 4.31 Å². The summed E-state index contributed by atoms with van der Waals surface area (Å²) in [6.45, 7) is 0.843. The molecule has 5 heteroatoms. The zero-order chi connectivity index (χ0) is 10.4. The van der Waals surface area contributed by atoms with Crippen molar-refractivity contribution in [1.29, 1.82) is 0 Å². The van der Waals surface area contributed by atoms with E-state index in [0.717, 1.165) is 5.56 Å². The highest BCUT2D eigenvalue weighted by Crippen LogP contribution is 2.05. The van der Waals surface area contributed by atoms with Gasteiger partial charge in [0.15, 0.2) is 0 Å². The van der Waals surface area contributed by atoms with Crippen molar-refractivity contribution in [2.75, 3.05) is 12.4 Å². The molecule has 0 amide bonds. The topological polar surface area (TPSA) is 40.5 Å². The van der Waals surface area contributed by atoms with Gasteiger partial charge in [-0.05, 0) is 5.56 Å². The molecule has 0 radical (unpaired) electrons. The van der Waals surface area contributed by atoms with Crippen LogP contribution < -0.4 is 0 Å². The Labute approximate surface area is 91.1 Å². The number of hydrogen-bond donors (Lipinski definition) is 1. The van der Waals surface area contributed by atoms with Crippen LogP contribution in [0.4, 0.5) is 0 Å². The second-order valence-corrected chi connectivity index (χ2v) is 4.12. The third kappa shape index (κ3) is 3.75. The number of hydrogen-bond acceptors (Lipinski definition) is 1. The lowest BCUT2D eigenvalue weighted by molar-refractivity contribution is 0.408. The maximum Gasteiger partial charge on any atom is 0.234 e. The second kappa shape index (κ2) is 6.14. The van der Waals surface area contributed by atoms with Gasteiger partial charge in [0.2, 0.25) is 11.3 Å². The zero-order valence-electron chi connectivity index (χ0n) is 7.60. The van der Waals surface area contributed by atoms with Gasteiger partial charge >= 0.3 is 0 Å². The normalized spacial score (nSPS) is 13.1. The Morgan fingerprint density at radius 3 is 2.50 bits per heavy atom. The van der Waals surface area contributed by atoms with Crippen LogP contribution in [-0.2, 0) is 17.8 Å². The number of halogens is 1. The first-order chi connectivity index (χ1) is 6.74. The highest BCUT2D eigenvalue weighted by atomic mass is 35.5. The van der Waals surface area contributed by atoms with E-state index in [0.29, 0.717) is 19.0 Å². The lowest BCUT2D eigenvalue weighted by Gasteiger charge is -2.15. The van der Waals surface area contributed by atoms with Crippen LogP contribution in [-0.4, -0.2) is 25.5 Å². The summed E-state index contributed by atoms with van der Waals surface area (Å²) in [5, 5.41) is 0. The Morgan fingerprint density at radius 2 is 2.00 bits per heavy atom. The molecule has 0 heterocycles. The minimum Gasteiger partial charge on any atom is -0.294 e. The average molecular weight is 234 g/mol. The summed E-state index contributed by atoms with van der Waals surface area (Å²) in [5.74, 6) is 0.346. The smallest absolute Gasteiger partial charge is 0.234 e. The third-order valence-corrected chi connectivity index (χ3v) is 2.68. The van der Waals surface area contributed by atoms with Gasteiger partial charge in [0.25, 0.3) is 0 Å². The van der Waals surface area contributed by atoms with E-state index in [9.17, 15) is 4.21 Å². The van der Waals surface area contributed by atoms with Crippen molar-refractivity contribution in [1.82, 2.24) is 4.31 Å². The minimum absolute atomic E-state index is 0.346. The van der Waals surface area contributed by atoms with E-state index in [1.807, 2.05) is 30.3 Å². The van der Waals surface area contributed by atoms with Crippen LogP contribution in [0.25, 0.3) is 0 Å². The van der Waals surface area contributed by atoms with Gasteiger partial charge in [0, 0.05) is 19.0 Å². The molecule has 1 aromatic rings. The first-order valence-corrected chi connectivity index (χ1v) is 5.79. The van der Waals surface area contributed by atoms with Crippen molar-refractivity contribution in [3.8, 4) is 0 Å². The Bertz CT molecular complexity index is 294. The summed E-state index contributed by atoms with van der Waals surface area (Å²) in [6.07, 6.45) is 0. The average Bonchev–Trinajstić information content (AvgIpc) is 2.18. The third-order valence-electron chi connectivity index (χ3n) is 1.76. The molecule has 0 spiro atoms. The quantitative estimate of drug-likeness (QED) is 0.623. The predicted molar refractivity (Wildman–Crippen MR) is 58.3 cm³/mol. The van der Waals surface area contributed by atoms with E-state index >= 15 is 0 Å². The van der Waals surface area contributed by atoms with Crippen molar-refractivity contribution in [2.45, 2.75) is 6.54 Å². The van der Waals surface area contributed by atoms with Gasteiger partial charge < -0.3 is 0 Å². The van der Waals surface area contributed by atoms with E-state index in [-0.39, 0.29) is 0 Å². The van der Waals surface area contributed by atoms with Gasteiger partial charge in [-0.25, -0.2) is 4.21 Å². The molecule has 0 aliphatic heterocycles. The maximum atomic E-state index is 10.9. The minimum atomic E-state index is -1.95. The van der Waals surface area contributed by atoms with E-state index in [2.05, 4.69) is 0 Å². The molecular weight excluding hydrogens is 222 g/mol. The maximum absolute atomic E-state index is 10.9. The fourth-order valence-electron chi connectivity index (χ4n) is 1.09. The summed E-state index contributed by atoms with van der Waals surface area (Å²) in [6, 6.07) is 9.52. The molecule has 14 heavy (non-hydrogen) atoms. The second-order valence-electron chi connectivity index (χ2n) is 2.77. The van der Waals surface area contributed by atoms with Crippen LogP contribution in [0, 0.1) is 0 Å². The van der Waals surface area contributed by atoms with Crippen LogP contribution >= 0.6 is 11.6 Å². The lowest BCUT2D eigenvalue weighted by Crippen LogP contribution is -2.27. The fraction of sp³-hybridized carbons (Fsp3) is 0.333. The van der Waals surface area contributed by atoms with E-state index < -0.39 is 11.3 Å². The van der Waals surface area contributed by atoms with Crippen LogP contribution in [0.1, 0.15) is 5.56 Å². The first-order valence-electron chi connectivity index (χ1n) is 4.20. The summed E-state index contributed by atoms with van der Waals surface area (Å²) >= 11 is 3.56. The van der Waals surface area contributed by atoms with Crippen molar-refractivity contribution in [2.24, 2.45) is 0 Å². The fourth-order valence-corrected chi connectivity index (χ4v) is 1.90. The number of nitrogens with zero attached hydrogens (tertiary/aromatic N) is 1. The number of alkyl halides is 1. The predicted octanol–water partition coefficient (Wildman–Crippen LogP) is 1.86. The molecule has 0 bridgehead atoms. The SMILES string of the molecule is O=S(O)N(CCCl)Cc1ccccc1. The van der Waals surface area contributed by atoms with Gasteiger partial charge in [0.05, 0.1) is 0 Å².